The molecule has 0 aliphatic carbocycles. The highest BCUT2D eigenvalue weighted by Crippen LogP contribution is 2.37. The second kappa shape index (κ2) is 7.26. The number of nitrogens with zero attached hydrogens (tertiary/aromatic N) is 4. The lowest BCUT2D eigenvalue weighted by molar-refractivity contribution is -0.387. The van der Waals surface area contributed by atoms with E-state index >= 15 is 0 Å². The van der Waals surface area contributed by atoms with Gasteiger partial charge in [0.1, 0.15) is 5.56 Å². The molecule has 29 heavy (non-hydrogen) atoms. The molecule has 2 aromatic rings. The lowest BCUT2D eigenvalue weighted by atomic mass is 10.0. The van der Waals surface area contributed by atoms with Gasteiger partial charge in [-0.1, -0.05) is 0 Å². The fourth-order valence-electron chi connectivity index (χ4n) is 3.06. The van der Waals surface area contributed by atoms with E-state index in [1.165, 1.54) is 11.8 Å². The Morgan fingerprint density at radius 2 is 1.86 bits per heavy atom. The van der Waals surface area contributed by atoms with E-state index in [1.807, 2.05) is 0 Å². The summed E-state index contributed by atoms with van der Waals surface area (Å²) in [6.07, 6.45) is -0.889. The fourth-order valence-corrected chi connectivity index (χ4v) is 3.06. The van der Waals surface area contributed by atoms with Crippen LogP contribution in [0.4, 0.5) is 29.2 Å². The first kappa shape index (κ1) is 20.4. The zero-order valence-electron chi connectivity index (χ0n) is 15.1. The number of carbonyl (C=O) groups excluding carboxylic acids is 1. The molecule has 1 saturated heterocycles. The van der Waals surface area contributed by atoms with Crippen molar-refractivity contribution in [2.24, 2.45) is 5.73 Å². The maximum absolute atomic E-state index is 14.9. The van der Waals surface area contributed by atoms with Gasteiger partial charge in [0, 0.05) is 31.6 Å². The van der Waals surface area contributed by atoms with Crippen molar-refractivity contribution >= 4 is 17.5 Å². The van der Waals surface area contributed by atoms with Crippen molar-refractivity contribution in [2.75, 3.05) is 18.0 Å². The zero-order valence-corrected chi connectivity index (χ0v) is 15.1. The molecule has 8 nitrogen and oxygen atoms in total. The number of halogens is 4. The summed E-state index contributed by atoms with van der Waals surface area (Å²) in [5, 5.41) is 11.3. The lowest BCUT2D eigenvalue weighted by Gasteiger charge is -2.32. The van der Waals surface area contributed by atoms with Gasteiger partial charge in [0.05, 0.1) is 16.2 Å². The van der Waals surface area contributed by atoms with Crippen LogP contribution in [0.1, 0.15) is 28.9 Å². The number of nitrogens with two attached hydrogens (primary N) is 1. The number of hydrogen-bond donors (Lipinski definition) is 1. The molecule has 1 aromatic heterocycles. The quantitative estimate of drug-likeness (QED) is 0.468. The van der Waals surface area contributed by atoms with Crippen molar-refractivity contribution in [3.63, 3.8) is 0 Å². The summed E-state index contributed by atoms with van der Waals surface area (Å²) < 4.78 is 55.9. The Balaban J connectivity index is 2.17. The molecule has 0 bridgehead atoms. The van der Waals surface area contributed by atoms with E-state index < -0.39 is 58.0 Å². The Morgan fingerprint density at radius 3 is 2.41 bits per heavy atom. The summed E-state index contributed by atoms with van der Waals surface area (Å²) in [6, 6.07) is 1.51. The van der Waals surface area contributed by atoms with Crippen molar-refractivity contribution in [3.8, 4) is 11.3 Å². The van der Waals surface area contributed by atoms with Crippen LogP contribution in [0.15, 0.2) is 12.1 Å². The third kappa shape index (κ3) is 3.96. The first-order valence-electron chi connectivity index (χ1n) is 8.45. The van der Waals surface area contributed by atoms with E-state index in [1.54, 1.807) is 0 Å². The predicted molar refractivity (Wildman–Crippen MR) is 93.7 cm³/mol. The molecule has 1 fully saturated rings. The van der Waals surface area contributed by atoms with Crippen LogP contribution in [0.3, 0.4) is 0 Å². The second-order valence-electron chi connectivity index (χ2n) is 6.60. The van der Waals surface area contributed by atoms with E-state index in [2.05, 4.69) is 9.97 Å². The SMILES string of the molecule is Cc1cc(-c2c(F)c(C(N)=O)cc(F)c2[N+](=O)[O-])nc(N2CCC(F)(F)CC2)n1. The fraction of sp³-hybridized carbons (Fsp3) is 0.353. The standard InChI is InChI=1S/C17H15F4N5O3/c1-8-6-11(24-16(23-8)25-4-2-17(20,21)3-5-25)12-13(19)9(15(22)27)7-10(18)14(12)26(28)29/h6-7H,2-5H2,1H3,(H2,22,27). The molecule has 1 aliphatic heterocycles. The first-order valence-corrected chi connectivity index (χ1v) is 8.45. The number of carbonyl (C=O) groups is 1. The molecule has 2 heterocycles. The molecule has 0 saturated carbocycles. The number of nitro groups is 1. The number of aryl methyl sites for hydroxylation is 1. The van der Waals surface area contributed by atoms with Crippen LogP contribution < -0.4 is 10.6 Å². The number of hydrogen-bond acceptors (Lipinski definition) is 6. The van der Waals surface area contributed by atoms with Crippen molar-refractivity contribution in [1.82, 2.24) is 9.97 Å². The monoisotopic (exact) mass is 413 g/mol. The first-order chi connectivity index (χ1) is 13.5. The number of aromatic nitrogens is 2. The van der Waals surface area contributed by atoms with E-state index in [-0.39, 0.29) is 30.4 Å². The predicted octanol–water partition coefficient (Wildman–Crippen LogP) is 2.97. The Morgan fingerprint density at radius 1 is 1.24 bits per heavy atom. The number of rotatable bonds is 4. The Kier molecular flexibility index (Phi) is 5.11. The van der Waals surface area contributed by atoms with Crippen LogP contribution in [-0.4, -0.2) is 39.8 Å². The molecule has 12 heteroatoms. The van der Waals surface area contributed by atoms with Gasteiger partial charge >= 0.3 is 5.69 Å². The molecule has 1 amide bonds. The molecule has 2 N–H and O–H groups in total. The van der Waals surface area contributed by atoms with Crippen LogP contribution >= 0.6 is 0 Å². The van der Waals surface area contributed by atoms with Crippen molar-refractivity contribution < 1.29 is 27.3 Å². The smallest absolute Gasteiger partial charge is 0.317 e. The van der Waals surface area contributed by atoms with Gasteiger partial charge in [-0.2, -0.15) is 4.39 Å². The number of amides is 1. The average molecular weight is 413 g/mol. The number of anilines is 1. The molecule has 0 radical (unpaired) electrons. The minimum Gasteiger partial charge on any atom is -0.366 e. The summed E-state index contributed by atoms with van der Waals surface area (Å²) in [6.45, 7) is 1.30. The van der Waals surface area contributed by atoms with Gasteiger partial charge in [-0.15, -0.1) is 0 Å². The number of primary amides is 1. The number of nitro benzene ring substituents is 1. The summed E-state index contributed by atoms with van der Waals surface area (Å²) in [7, 11) is 0. The van der Waals surface area contributed by atoms with Crippen LogP contribution in [0.5, 0.6) is 0 Å². The van der Waals surface area contributed by atoms with E-state index in [0.29, 0.717) is 6.07 Å². The van der Waals surface area contributed by atoms with Gasteiger partial charge < -0.3 is 10.6 Å². The van der Waals surface area contributed by atoms with E-state index in [0.717, 1.165) is 6.07 Å². The van der Waals surface area contributed by atoms with Gasteiger partial charge in [-0.05, 0) is 19.1 Å². The summed E-state index contributed by atoms with van der Waals surface area (Å²) in [5.74, 6) is -7.07. The highest BCUT2D eigenvalue weighted by Gasteiger charge is 2.36. The summed E-state index contributed by atoms with van der Waals surface area (Å²) in [4.78, 5) is 31.2. The largest absolute Gasteiger partial charge is 0.366 e. The average Bonchev–Trinajstić information content (AvgIpc) is 2.61. The second-order valence-corrected chi connectivity index (χ2v) is 6.60. The lowest BCUT2D eigenvalue weighted by Crippen LogP contribution is -2.40. The number of alkyl halides is 2. The third-order valence-corrected chi connectivity index (χ3v) is 4.51. The van der Waals surface area contributed by atoms with Gasteiger partial charge in [-0.25, -0.2) is 23.1 Å². The molecule has 3 rings (SSSR count). The highest BCUT2D eigenvalue weighted by atomic mass is 19.3. The Labute approximate surface area is 161 Å². The normalized spacial score (nSPS) is 16.0. The van der Waals surface area contributed by atoms with E-state index in [4.69, 9.17) is 5.73 Å². The van der Waals surface area contributed by atoms with E-state index in [9.17, 15) is 32.5 Å². The molecular weight excluding hydrogens is 398 g/mol. The molecule has 1 aromatic carbocycles. The maximum Gasteiger partial charge on any atom is 0.317 e. The van der Waals surface area contributed by atoms with Crippen LogP contribution in [-0.2, 0) is 0 Å². The maximum atomic E-state index is 14.9. The summed E-state index contributed by atoms with van der Waals surface area (Å²) in [5.41, 5.74) is 1.94. The van der Waals surface area contributed by atoms with Gasteiger partial charge in [0.15, 0.2) is 5.82 Å². The Hall–Kier alpha value is -3.31. The van der Waals surface area contributed by atoms with Crippen molar-refractivity contribution in [1.29, 1.82) is 0 Å². The van der Waals surface area contributed by atoms with Crippen molar-refractivity contribution in [2.45, 2.75) is 25.7 Å². The Bertz CT molecular complexity index is 1010. The molecule has 154 valence electrons. The van der Waals surface area contributed by atoms with Crippen LogP contribution in [0.25, 0.3) is 11.3 Å². The molecule has 0 spiro atoms. The van der Waals surface area contributed by atoms with Gasteiger partial charge in [0.25, 0.3) is 11.8 Å². The highest BCUT2D eigenvalue weighted by molar-refractivity contribution is 5.95. The number of benzene rings is 1. The molecular formula is C17H15F4N5O3. The van der Waals surface area contributed by atoms with Gasteiger partial charge in [0.2, 0.25) is 11.8 Å². The minimum atomic E-state index is -2.83. The number of piperidine rings is 1. The zero-order chi connectivity index (χ0) is 21.5. The molecule has 0 unspecified atom stereocenters. The molecule has 1 aliphatic rings. The third-order valence-electron chi connectivity index (χ3n) is 4.51. The van der Waals surface area contributed by atoms with Crippen LogP contribution in [0, 0.1) is 28.7 Å². The topological polar surface area (TPSA) is 115 Å². The van der Waals surface area contributed by atoms with Crippen LogP contribution in [0.2, 0.25) is 0 Å². The molecule has 0 atom stereocenters. The minimum absolute atomic E-state index is 0.0610. The summed E-state index contributed by atoms with van der Waals surface area (Å²) >= 11 is 0. The van der Waals surface area contributed by atoms with Gasteiger partial charge in [-0.3, -0.25) is 14.9 Å². The van der Waals surface area contributed by atoms with Crippen molar-refractivity contribution in [3.05, 3.63) is 45.1 Å².